The van der Waals surface area contributed by atoms with E-state index in [1.807, 2.05) is 25.1 Å². The number of amides is 2. The summed E-state index contributed by atoms with van der Waals surface area (Å²) in [5.41, 5.74) is 8.81. The van der Waals surface area contributed by atoms with Gasteiger partial charge in [0.1, 0.15) is 17.3 Å². The number of benzene rings is 1. The van der Waals surface area contributed by atoms with Crippen LogP contribution < -0.4 is 15.4 Å². The first kappa shape index (κ1) is 16.6. The molecule has 1 unspecified atom stereocenters. The highest BCUT2D eigenvalue weighted by atomic mass is 16.5. The number of hydrogen-bond acceptors (Lipinski definition) is 4. The Morgan fingerprint density at radius 1 is 1.19 bits per heavy atom. The molecule has 2 N–H and O–H groups in total. The first-order valence-corrected chi connectivity index (χ1v) is 8.90. The van der Waals surface area contributed by atoms with E-state index in [9.17, 15) is 9.59 Å². The third kappa shape index (κ3) is 2.92. The molecule has 2 aromatic rings. The number of aromatic nitrogens is 1. The fourth-order valence-corrected chi connectivity index (χ4v) is 3.66. The predicted molar refractivity (Wildman–Crippen MR) is 97.3 cm³/mol. The molecular weight excluding hydrogens is 330 g/mol. The minimum Gasteiger partial charge on any atom is -0.480 e. The molecule has 26 heavy (non-hydrogen) atoms. The molecule has 4 rings (SSSR count). The largest absolute Gasteiger partial charge is 0.480 e. The summed E-state index contributed by atoms with van der Waals surface area (Å²) in [5.74, 6) is 0.613. The number of pyridine rings is 1. The highest BCUT2D eigenvalue weighted by Gasteiger charge is 2.33. The molecule has 2 amide bonds. The summed E-state index contributed by atoms with van der Waals surface area (Å²) in [5, 5.41) is 0. The van der Waals surface area contributed by atoms with Gasteiger partial charge in [-0.2, -0.15) is 0 Å². The Labute approximate surface area is 152 Å². The van der Waals surface area contributed by atoms with Crippen molar-refractivity contribution in [3.8, 4) is 5.75 Å². The van der Waals surface area contributed by atoms with E-state index in [-0.39, 0.29) is 11.6 Å². The van der Waals surface area contributed by atoms with E-state index in [1.54, 1.807) is 11.0 Å². The number of hydrogen-bond donors (Lipinski definition) is 1. The van der Waals surface area contributed by atoms with E-state index in [2.05, 4.69) is 11.1 Å². The molecule has 0 spiro atoms. The monoisotopic (exact) mass is 351 g/mol. The van der Waals surface area contributed by atoms with Crippen LogP contribution in [0.2, 0.25) is 0 Å². The Morgan fingerprint density at radius 3 is 2.85 bits per heavy atom. The number of rotatable bonds is 2. The van der Waals surface area contributed by atoms with Gasteiger partial charge in [0.2, 0.25) is 0 Å². The Balaban J connectivity index is 1.61. The zero-order valence-electron chi connectivity index (χ0n) is 14.7. The molecule has 0 saturated carbocycles. The lowest BCUT2D eigenvalue weighted by Crippen LogP contribution is -2.46. The van der Waals surface area contributed by atoms with E-state index in [0.717, 1.165) is 36.1 Å². The predicted octanol–water partition coefficient (Wildman–Crippen LogP) is 2.16. The third-order valence-electron chi connectivity index (χ3n) is 4.99. The second-order valence-electron chi connectivity index (χ2n) is 6.89. The molecule has 134 valence electrons. The molecule has 6 heteroatoms. The molecule has 0 aliphatic carbocycles. The summed E-state index contributed by atoms with van der Waals surface area (Å²) in [6.45, 7) is 2.62. The molecule has 0 bridgehead atoms. The van der Waals surface area contributed by atoms with Crippen molar-refractivity contribution in [3.05, 3.63) is 52.7 Å². The maximum Gasteiger partial charge on any atom is 0.269 e. The first-order valence-electron chi connectivity index (χ1n) is 8.90. The van der Waals surface area contributed by atoms with Gasteiger partial charge in [-0.3, -0.25) is 14.5 Å². The third-order valence-corrected chi connectivity index (χ3v) is 4.99. The van der Waals surface area contributed by atoms with Gasteiger partial charge in [-0.15, -0.1) is 0 Å². The molecule has 1 aromatic heterocycles. The summed E-state index contributed by atoms with van der Waals surface area (Å²) in [7, 11) is 0. The number of anilines is 1. The van der Waals surface area contributed by atoms with Crippen LogP contribution in [-0.4, -0.2) is 29.4 Å². The van der Waals surface area contributed by atoms with Crippen molar-refractivity contribution in [3.63, 3.8) is 0 Å². The number of carbonyl (C=O) groups is 2. The Morgan fingerprint density at radius 2 is 2.04 bits per heavy atom. The highest BCUT2D eigenvalue weighted by Crippen LogP contribution is 2.31. The molecule has 0 radical (unpaired) electrons. The summed E-state index contributed by atoms with van der Waals surface area (Å²) in [6, 6.07) is 9.47. The van der Waals surface area contributed by atoms with Crippen molar-refractivity contribution in [1.29, 1.82) is 0 Å². The van der Waals surface area contributed by atoms with Crippen molar-refractivity contribution in [1.82, 2.24) is 4.98 Å². The lowest BCUT2D eigenvalue weighted by atomic mass is 9.98. The maximum absolute atomic E-state index is 13.1. The lowest BCUT2D eigenvalue weighted by molar-refractivity contribution is -0.126. The lowest BCUT2D eigenvalue weighted by Gasteiger charge is -2.33. The SMILES string of the molecule is Cc1ccc2c(c1)CCC(C(=O)N1CCCc3ccc(C(N)=O)nc31)O2. The van der Waals surface area contributed by atoms with Gasteiger partial charge in [-0.25, -0.2) is 4.98 Å². The summed E-state index contributed by atoms with van der Waals surface area (Å²) < 4.78 is 5.98. The number of nitrogens with two attached hydrogens (primary N) is 1. The van der Waals surface area contributed by atoms with Crippen molar-refractivity contribution in [2.45, 2.75) is 38.7 Å². The van der Waals surface area contributed by atoms with Crippen molar-refractivity contribution in [2.75, 3.05) is 11.4 Å². The van der Waals surface area contributed by atoms with Gasteiger partial charge in [0.05, 0.1) is 0 Å². The molecule has 1 atom stereocenters. The molecule has 3 heterocycles. The van der Waals surface area contributed by atoms with Crippen molar-refractivity contribution >= 4 is 17.6 Å². The number of primary amides is 1. The molecule has 1 aromatic carbocycles. The Kier molecular flexibility index (Phi) is 4.11. The summed E-state index contributed by atoms with van der Waals surface area (Å²) in [6.07, 6.45) is 2.60. The summed E-state index contributed by atoms with van der Waals surface area (Å²) >= 11 is 0. The van der Waals surface area contributed by atoms with Gasteiger partial charge in [0.25, 0.3) is 11.8 Å². The van der Waals surface area contributed by atoms with Gasteiger partial charge in [-0.05, 0) is 55.9 Å². The van der Waals surface area contributed by atoms with Crippen LogP contribution in [0.5, 0.6) is 5.75 Å². The quantitative estimate of drug-likeness (QED) is 0.898. The molecule has 0 fully saturated rings. The second-order valence-corrected chi connectivity index (χ2v) is 6.89. The van der Waals surface area contributed by atoms with Gasteiger partial charge >= 0.3 is 0 Å². The average Bonchev–Trinajstić information content (AvgIpc) is 2.66. The van der Waals surface area contributed by atoms with E-state index in [1.165, 1.54) is 5.56 Å². The Hall–Kier alpha value is -2.89. The molecule has 0 saturated heterocycles. The van der Waals surface area contributed by atoms with Crippen molar-refractivity contribution < 1.29 is 14.3 Å². The zero-order chi connectivity index (χ0) is 18.3. The number of aryl methyl sites for hydroxylation is 3. The van der Waals surface area contributed by atoms with Gasteiger partial charge < -0.3 is 10.5 Å². The molecular formula is C20H21N3O3. The smallest absolute Gasteiger partial charge is 0.269 e. The standard InChI is InChI=1S/C20H21N3O3/c1-12-4-8-16-14(11-12)6-9-17(26-16)20(25)23-10-2-3-13-5-7-15(18(21)24)22-19(13)23/h4-5,7-8,11,17H,2-3,6,9-10H2,1H3,(H2,21,24). The van der Waals surface area contributed by atoms with Gasteiger partial charge in [-0.1, -0.05) is 23.8 Å². The summed E-state index contributed by atoms with van der Waals surface area (Å²) in [4.78, 5) is 30.6. The minimum absolute atomic E-state index is 0.105. The second kappa shape index (κ2) is 6.44. The zero-order valence-corrected chi connectivity index (χ0v) is 14.7. The van der Waals surface area contributed by atoms with E-state index < -0.39 is 12.0 Å². The van der Waals surface area contributed by atoms with Crippen molar-refractivity contribution in [2.24, 2.45) is 5.73 Å². The van der Waals surface area contributed by atoms with Crippen LogP contribution in [0.3, 0.4) is 0 Å². The van der Waals surface area contributed by atoms with Crippen LogP contribution in [0.1, 0.15) is 40.0 Å². The molecule has 6 nitrogen and oxygen atoms in total. The van der Waals surface area contributed by atoms with Crippen LogP contribution in [0.15, 0.2) is 30.3 Å². The minimum atomic E-state index is -0.594. The Bertz CT molecular complexity index is 894. The molecule has 2 aliphatic rings. The van der Waals surface area contributed by atoms with Crippen LogP contribution >= 0.6 is 0 Å². The van der Waals surface area contributed by atoms with Crippen LogP contribution in [0.4, 0.5) is 5.82 Å². The normalized spacial score (nSPS) is 18.5. The number of ether oxygens (including phenoxy) is 1. The van der Waals surface area contributed by atoms with E-state index in [0.29, 0.717) is 18.8 Å². The van der Waals surface area contributed by atoms with Gasteiger partial charge in [0, 0.05) is 6.54 Å². The topological polar surface area (TPSA) is 85.5 Å². The number of carbonyl (C=O) groups excluding carboxylic acids is 2. The number of fused-ring (bicyclic) bond motifs is 2. The molecule has 2 aliphatic heterocycles. The maximum atomic E-state index is 13.1. The van der Waals surface area contributed by atoms with Crippen LogP contribution in [-0.2, 0) is 17.6 Å². The average molecular weight is 351 g/mol. The highest BCUT2D eigenvalue weighted by molar-refractivity contribution is 5.98. The fraction of sp³-hybridized carbons (Fsp3) is 0.350. The van der Waals surface area contributed by atoms with E-state index >= 15 is 0 Å². The van der Waals surface area contributed by atoms with E-state index in [4.69, 9.17) is 10.5 Å². The fourth-order valence-electron chi connectivity index (χ4n) is 3.66. The number of nitrogens with zero attached hydrogens (tertiary/aromatic N) is 2. The van der Waals surface area contributed by atoms with Crippen LogP contribution in [0.25, 0.3) is 0 Å². The van der Waals surface area contributed by atoms with Gasteiger partial charge in [0.15, 0.2) is 6.10 Å². The van der Waals surface area contributed by atoms with Crippen LogP contribution in [0, 0.1) is 6.92 Å². The first-order chi connectivity index (χ1) is 12.5.